The molecule has 3 saturated heterocycles. The van der Waals surface area contributed by atoms with Gasteiger partial charge in [0.25, 0.3) is 5.91 Å². The van der Waals surface area contributed by atoms with E-state index in [2.05, 4.69) is 21.9 Å². The molecule has 8 nitrogen and oxygen atoms in total. The number of carbonyl (C=O) groups excluding carboxylic acids is 2. The van der Waals surface area contributed by atoms with Crippen molar-refractivity contribution in [2.45, 2.75) is 58.5 Å². The third kappa shape index (κ3) is 7.84. The van der Waals surface area contributed by atoms with Crippen LogP contribution in [0.5, 0.6) is 0 Å². The molecule has 3 aliphatic rings. The number of aliphatic hydroxyl groups excluding tert-OH is 1. The number of ether oxygens (including phenoxy) is 1. The number of likely N-dealkylation sites (tertiary alicyclic amines) is 2. The summed E-state index contributed by atoms with van der Waals surface area (Å²) in [6.45, 7) is 14.1. The molecule has 1 atom stereocenters. The van der Waals surface area contributed by atoms with Crippen molar-refractivity contribution in [1.82, 2.24) is 14.7 Å². The van der Waals surface area contributed by atoms with Crippen LogP contribution < -0.4 is 4.90 Å². The van der Waals surface area contributed by atoms with E-state index in [1.54, 1.807) is 0 Å². The van der Waals surface area contributed by atoms with E-state index in [9.17, 15) is 14.7 Å². The van der Waals surface area contributed by atoms with Crippen LogP contribution in [0.3, 0.4) is 0 Å². The number of benzene rings is 1. The van der Waals surface area contributed by atoms with Gasteiger partial charge in [0, 0.05) is 70.2 Å². The van der Waals surface area contributed by atoms with Crippen LogP contribution in [0.25, 0.3) is 0 Å². The Labute approximate surface area is 222 Å². The van der Waals surface area contributed by atoms with Gasteiger partial charge in [0.15, 0.2) is 0 Å². The number of rotatable bonds is 6. The van der Waals surface area contributed by atoms with Crippen LogP contribution in [0.4, 0.5) is 10.5 Å². The second-order valence-electron chi connectivity index (χ2n) is 12.0. The number of piperazine rings is 1. The van der Waals surface area contributed by atoms with Crippen LogP contribution in [-0.4, -0.2) is 103 Å². The number of hydrogen-bond acceptors (Lipinski definition) is 6. The Balaban J connectivity index is 1.16. The molecule has 37 heavy (non-hydrogen) atoms. The minimum absolute atomic E-state index is 0.0754. The highest BCUT2D eigenvalue weighted by atomic mass is 16.6. The Bertz CT molecular complexity index is 884. The molecule has 1 aromatic carbocycles. The van der Waals surface area contributed by atoms with E-state index in [0.717, 1.165) is 83.6 Å². The van der Waals surface area contributed by atoms with Crippen molar-refractivity contribution >= 4 is 17.7 Å². The molecule has 0 aromatic heterocycles. The zero-order valence-corrected chi connectivity index (χ0v) is 23.0. The second kappa shape index (κ2) is 12.5. The van der Waals surface area contributed by atoms with Crippen molar-refractivity contribution in [3.05, 3.63) is 29.8 Å². The number of piperidine rings is 2. The molecule has 206 valence electrons. The first kappa shape index (κ1) is 27.7. The summed E-state index contributed by atoms with van der Waals surface area (Å²) < 4.78 is 5.52. The zero-order valence-electron chi connectivity index (χ0n) is 23.0. The number of carbonyl (C=O) groups is 2. The largest absolute Gasteiger partial charge is 0.444 e. The summed E-state index contributed by atoms with van der Waals surface area (Å²) in [4.78, 5) is 33.9. The molecule has 0 aliphatic carbocycles. The maximum Gasteiger partial charge on any atom is 0.410 e. The molecule has 0 spiro atoms. The van der Waals surface area contributed by atoms with Crippen LogP contribution in [-0.2, 0) is 4.74 Å². The van der Waals surface area contributed by atoms with Gasteiger partial charge in [-0.2, -0.15) is 0 Å². The lowest BCUT2D eigenvalue weighted by Gasteiger charge is -2.38. The van der Waals surface area contributed by atoms with E-state index in [1.807, 2.05) is 42.7 Å². The van der Waals surface area contributed by atoms with Gasteiger partial charge in [-0.1, -0.05) is 0 Å². The van der Waals surface area contributed by atoms with Gasteiger partial charge in [-0.3, -0.25) is 9.69 Å². The first-order valence-electron chi connectivity index (χ1n) is 14.2. The topological polar surface area (TPSA) is 76.6 Å². The van der Waals surface area contributed by atoms with E-state index in [0.29, 0.717) is 12.5 Å². The maximum atomic E-state index is 12.9. The molecule has 8 heteroatoms. The van der Waals surface area contributed by atoms with Crippen molar-refractivity contribution in [2.75, 3.05) is 70.4 Å². The summed E-state index contributed by atoms with van der Waals surface area (Å²) in [6, 6.07) is 8.07. The van der Waals surface area contributed by atoms with Crippen LogP contribution in [0, 0.1) is 11.8 Å². The fourth-order valence-corrected chi connectivity index (χ4v) is 5.72. The molecular formula is C29H46N4O4. The van der Waals surface area contributed by atoms with Gasteiger partial charge in [0.2, 0.25) is 0 Å². The molecule has 2 amide bonds. The van der Waals surface area contributed by atoms with E-state index in [1.165, 1.54) is 12.1 Å². The molecule has 0 radical (unpaired) electrons. The standard InChI is InChI=1S/C29H46N4O4/c1-29(2,3)37-28(36)32-15-11-23(12-16-32)10-14-30-17-19-31(20-18-30)26-8-6-25(7-9-26)27(35)33-13-4-5-24(21-33)22-34/h6-9,23-24,34H,4-5,10-22H2,1-3H3. The summed E-state index contributed by atoms with van der Waals surface area (Å²) in [7, 11) is 0. The fraction of sp³-hybridized carbons (Fsp3) is 0.724. The summed E-state index contributed by atoms with van der Waals surface area (Å²) >= 11 is 0. The molecule has 1 unspecified atom stereocenters. The van der Waals surface area contributed by atoms with E-state index < -0.39 is 5.60 Å². The highest BCUT2D eigenvalue weighted by Gasteiger charge is 2.28. The van der Waals surface area contributed by atoms with E-state index in [4.69, 9.17) is 4.74 Å². The van der Waals surface area contributed by atoms with Crippen LogP contribution in [0.2, 0.25) is 0 Å². The Hall–Kier alpha value is -2.32. The first-order chi connectivity index (χ1) is 17.7. The molecule has 3 aliphatic heterocycles. The number of aliphatic hydroxyl groups is 1. The molecule has 0 bridgehead atoms. The van der Waals surface area contributed by atoms with Gasteiger partial charge in [0.05, 0.1) is 0 Å². The predicted molar refractivity (Wildman–Crippen MR) is 146 cm³/mol. The highest BCUT2D eigenvalue weighted by Crippen LogP contribution is 2.24. The van der Waals surface area contributed by atoms with Crippen LogP contribution >= 0.6 is 0 Å². The molecule has 4 rings (SSSR count). The lowest BCUT2D eigenvalue weighted by Crippen LogP contribution is -2.47. The molecular weight excluding hydrogens is 468 g/mol. The Morgan fingerprint density at radius 3 is 2.19 bits per heavy atom. The predicted octanol–water partition coefficient (Wildman–Crippen LogP) is 3.69. The first-order valence-corrected chi connectivity index (χ1v) is 14.2. The second-order valence-corrected chi connectivity index (χ2v) is 12.0. The Kier molecular flexibility index (Phi) is 9.35. The smallest absolute Gasteiger partial charge is 0.410 e. The highest BCUT2D eigenvalue weighted by molar-refractivity contribution is 5.94. The van der Waals surface area contributed by atoms with Gasteiger partial charge < -0.3 is 24.5 Å². The summed E-state index contributed by atoms with van der Waals surface area (Å²) in [5.41, 5.74) is 1.48. The fourth-order valence-electron chi connectivity index (χ4n) is 5.72. The Morgan fingerprint density at radius 1 is 0.892 bits per heavy atom. The molecule has 1 N–H and O–H groups in total. The van der Waals surface area contributed by atoms with Gasteiger partial charge in [-0.15, -0.1) is 0 Å². The van der Waals surface area contributed by atoms with Crippen molar-refractivity contribution in [3.63, 3.8) is 0 Å². The molecule has 3 fully saturated rings. The Morgan fingerprint density at radius 2 is 1.57 bits per heavy atom. The monoisotopic (exact) mass is 514 g/mol. The summed E-state index contributed by atoms with van der Waals surface area (Å²) in [5, 5.41) is 9.45. The minimum Gasteiger partial charge on any atom is -0.444 e. The lowest BCUT2D eigenvalue weighted by molar-refractivity contribution is 0.0177. The molecule has 3 heterocycles. The van der Waals surface area contributed by atoms with Gasteiger partial charge >= 0.3 is 6.09 Å². The summed E-state index contributed by atoms with van der Waals surface area (Å²) in [6.07, 6.45) is 5.09. The van der Waals surface area contributed by atoms with Gasteiger partial charge in [0.1, 0.15) is 5.60 Å². The van der Waals surface area contributed by atoms with Crippen LogP contribution in [0.15, 0.2) is 24.3 Å². The van der Waals surface area contributed by atoms with Crippen molar-refractivity contribution in [1.29, 1.82) is 0 Å². The van der Waals surface area contributed by atoms with Crippen molar-refractivity contribution in [2.24, 2.45) is 11.8 Å². The number of amides is 2. The maximum absolute atomic E-state index is 12.9. The molecule has 0 saturated carbocycles. The third-order valence-corrected chi connectivity index (χ3v) is 8.04. The number of anilines is 1. The van der Waals surface area contributed by atoms with Gasteiger partial charge in [-0.05, 0) is 95.5 Å². The average Bonchev–Trinajstić information content (AvgIpc) is 2.91. The minimum atomic E-state index is -0.437. The van der Waals surface area contributed by atoms with Crippen molar-refractivity contribution in [3.8, 4) is 0 Å². The number of nitrogens with zero attached hydrogens (tertiary/aromatic N) is 4. The normalized spacial score (nSPS) is 22.3. The number of hydrogen-bond donors (Lipinski definition) is 1. The van der Waals surface area contributed by atoms with Gasteiger partial charge in [-0.25, -0.2) is 4.79 Å². The van der Waals surface area contributed by atoms with E-state index >= 15 is 0 Å². The average molecular weight is 515 g/mol. The summed E-state index contributed by atoms with van der Waals surface area (Å²) in [5.74, 6) is 0.958. The third-order valence-electron chi connectivity index (χ3n) is 8.04. The zero-order chi connectivity index (χ0) is 26.4. The molecule has 1 aromatic rings. The quantitative estimate of drug-likeness (QED) is 0.624. The lowest BCUT2D eigenvalue weighted by atomic mass is 9.93. The van der Waals surface area contributed by atoms with E-state index in [-0.39, 0.29) is 24.5 Å². The van der Waals surface area contributed by atoms with Crippen molar-refractivity contribution < 1.29 is 19.4 Å². The van der Waals surface area contributed by atoms with Crippen LogP contribution in [0.1, 0.15) is 63.2 Å². The SMILES string of the molecule is CC(C)(C)OC(=O)N1CCC(CCN2CCN(c3ccc(C(=O)N4CCCC(CO)C4)cc3)CC2)CC1.